The Balaban J connectivity index is 1.78. The van der Waals surface area contributed by atoms with Crippen LogP contribution in [0.25, 0.3) is 0 Å². The lowest BCUT2D eigenvalue weighted by molar-refractivity contribution is 0.0965. The fraction of sp³-hybridized carbons (Fsp3) is 1.00. The van der Waals surface area contributed by atoms with Crippen molar-refractivity contribution in [2.45, 2.75) is 25.1 Å². The monoisotopic (exact) mass is 257 g/mol. The number of hydrogen-bond acceptors (Lipinski definition) is 4. The number of nitrogens with one attached hydrogen (secondary N) is 1. The molecule has 0 spiro atoms. The van der Waals surface area contributed by atoms with Crippen LogP contribution in [0.15, 0.2) is 0 Å². The van der Waals surface area contributed by atoms with Crippen LogP contribution in [-0.4, -0.2) is 73.2 Å². The minimum Gasteiger partial charge on any atom is -0.314 e. The average molecular weight is 257 g/mol. The van der Waals surface area contributed by atoms with Gasteiger partial charge in [-0.2, -0.15) is 11.8 Å². The van der Waals surface area contributed by atoms with Gasteiger partial charge in [0.1, 0.15) is 0 Å². The first-order chi connectivity index (χ1) is 8.20. The summed E-state index contributed by atoms with van der Waals surface area (Å²) < 4.78 is 0. The molecule has 3 nitrogen and oxygen atoms in total. The van der Waals surface area contributed by atoms with Crippen LogP contribution < -0.4 is 5.32 Å². The molecule has 2 saturated heterocycles. The Morgan fingerprint density at radius 3 is 2.47 bits per heavy atom. The molecule has 0 aromatic heterocycles. The SMILES string of the molecule is CSC1CNCC1N1CCN(CC(C)C)CC1. The van der Waals surface area contributed by atoms with Gasteiger partial charge >= 0.3 is 0 Å². The van der Waals surface area contributed by atoms with Crippen molar-refractivity contribution in [3.05, 3.63) is 0 Å². The van der Waals surface area contributed by atoms with Gasteiger partial charge in [-0.15, -0.1) is 0 Å². The van der Waals surface area contributed by atoms with Crippen molar-refractivity contribution in [3.8, 4) is 0 Å². The summed E-state index contributed by atoms with van der Waals surface area (Å²) in [6.45, 7) is 13.3. The first-order valence-electron chi connectivity index (χ1n) is 6.90. The van der Waals surface area contributed by atoms with Crippen molar-refractivity contribution in [1.82, 2.24) is 15.1 Å². The fourth-order valence-electron chi connectivity index (χ4n) is 3.04. The molecule has 17 heavy (non-hydrogen) atoms. The molecule has 4 heteroatoms. The van der Waals surface area contributed by atoms with Gasteiger partial charge in [-0.1, -0.05) is 13.8 Å². The van der Waals surface area contributed by atoms with Gasteiger partial charge in [0, 0.05) is 57.1 Å². The standard InChI is InChI=1S/C13H27N3S/c1-11(2)10-15-4-6-16(7-5-15)12-8-14-9-13(12)17-3/h11-14H,4-10H2,1-3H3. The van der Waals surface area contributed by atoms with Crippen LogP contribution in [0, 0.1) is 5.92 Å². The van der Waals surface area contributed by atoms with E-state index in [-0.39, 0.29) is 0 Å². The predicted octanol–water partition coefficient (Wildman–Crippen LogP) is 0.963. The Morgan fingerprint density at radius 1 is 1.18 bits per heavy atom. The largest absolute Gasteiger partial charge is 0.314 e. The molecular formula is C13H27N3S. The molecule has 0 bridgehead atoms. The molecule has 2 atom stereocenters. The molecule has 100 valence electrons. The van der Waals surface area contributed by atoms with Crippen LogP contribution in [0.1, 0.15) is 13.8 Å². The normalized spacial score (nSPS) is 32.5. The Labute approximate surface area is 110 Å². The molecule has 0 aromatic carbocycles. The molecule has 0 aromatic rings. The summed E-state index contributed by atoms with van der Waals surface area (Å²) in [5.74, 6) is 0.800. The Morgan fingerprint density at radius 2 is 1.88 bits per heavy atom. The zero-order valence-electron chi connectivity index (χ0n) is 11.5. The second-order valence-electron chi connectivity index (χ2n) is 5.73. The Hall–Kier alpha value is 0.230. The highest BCUT2D eigenvalue weighted by atomic mass is 32.2. The summed E-state index contributed by atoms with van der Waals surface area (Å²) in [4.78, 5) is 5.33. The third-order valence-corrected chi connectivity index (χ3v) is 5.02. The molecule has 2 fully saturated rings. The number of hydrogen-bond donors (Lipinski definition) is 1. The molecule has 2 heterocycles. The van der Waals surface area contributed by atoms with Gasteiger partial charge in [-0.05, 0) is 12.2 Å². The molecule has 2 unspecified atom stereocenters. The van der Waals surface area contributed by atoms with Gasteiger partial charge in [-0.3, -0.25) is 4.90 Å². The number of piperazine rings is 1. The van der Waals surface area contributed by atoms with E-state index in [0.717, 1.165) is 17.2 Å². The van der Waals surface area contributed by atoms with E-state index in [1.807, 2.05) is 11.8 Å². The predicted molar refractivity (Wildman–Crippen MR) is 76.8 cm³/mol. The molecular weight excluding hydrogens is 230 g/mol. The lowest BCUT2D eigenvalue weighted by Gasteiger charge is -2.39. The molecule has 0 saturated carbocycles. The minimum atomic E-state index is 0.770. The zero-order chi connectivity index (χ0) is 12.3. The Kier molecular flexibility index (Phi) is 5.15. The van der Waals surface area contributed by atoms with Crippen LogP contribution in [-0.2, 0) is 0 Å². The van der Waals surface area contributed by atoms with E-state index in [2.05, 4.69) is 35.2 Å². The highest BCUT2D eigenvalue weighted by Gasteiger charge is 2.32. The molecule has 2 aliphatic heterocycles. The van der Waals surface area contributed by atoms with E-state index in [4.69, 9.17) is 0 Å². The fourth-order valence-corrected chi connectivity index (χ4v) is 3.91. The van der Waals surface area contributed by atoms with Gasteiger partial charge in [0.25, 0.3) is 0 Å². The summed E-state index contributed by atoms with van der Waals surface area (Å²) in [6.07, 6.45) is 2.25. The molecule has 0 radical (unpaired) electrons. The van der Waals surface area contributed by atoms with E-state index >= 15 is 0 Å². The van der Waals surface area contributed by atoms with E-state index < -0.39 is 0 Å². The van der Waals surface area contributed by atoms with Crippen LogP contribution in [0.5, 0.6) is 0 Å². The number of thioether (sulfide) groups is 1. The highest BCUT2D eigenvalue weighted by Crippen LogP contribution is 2.21. The maximum Gasteiger partial charge on any atom is 0.0352 e. The van der Waals surface area contributed by atoms with E-state index in [1.54, 1.807) is 0 Å². The second-order valence-corrected chi connectivity index (χ2v) is 6.81. The van der Waals surface area contributed by atoms with E-state index in [1.165, 1.54) is 45.8 Å². The van der Waals surface area contributed by atoms with Crippen molar-refractivity contribution >= 4 is 11.8 Å². The van der Waals surface area contributed by atoms with Crippen molar-refractivity contribution in [1.29, 1.82) is 0 Å². The second kappa shape index (κ2) is 6.41. The first kappa shape index (κ1) is 13.7. The van der Waals surface area contributed by atoms with Crippen LogP contribution in [0.2, 0.25) is 0 Å². The molecule has 0 amide bonds. The van der Waals surface area contributed by atoms with Crippen molar-refractivity contribution < 1.29 is 0 Å². The topological polar surface area (TPSA) is 18.5 Å². The summed E-state index contributed by atoms with van der Waals surface area (Å²) in [7, 11) is 0. The van der Waals surface area contributed by atoms with Crippen molar-refractivity contribution in [3.63, 3.8) is 0 Å². The van der Waals surface area contributed by atoms with Gasteiger partial charge in [-0.25, -0.2) is 0 Å². The Bertz CT molecular complexity index is 227. The number of nitrogens with zero attached hydrogens (tertiary/aromatic N) is 2. The summed E-state index contributed by atoms with van der Waals surface area (Å²) >= 11 is 2.03. The minimum absolute atomic E-state index is 0.770. The molecule has 2 rings (SSSR count). The first-order valence-corrected chi connectivity index (χ1v) is 8.19. The molecule has 2 aliphatic rings. The third-order valence-electron chi connectivity index (χ3n) is 3.93. The van der Waals surface area contributed by atoms with Gasteiger partial charge < -0.3 is 10.2 Å². The van der Waals surface area contributed by atoms with Gasteiger partial charge in [0.15, 0.2) is 0 Å². The third kappa shape index (κ3) is 3.60. The van der Waals surface area contributed by atoms with Gasteiger partial charge in [0.2, 0.25) is 0 Å². The van der Waals surface area contributed by atoms with Crippen LogP contribution in [0.3, 0.4) is 0 Å². The average Bonchev–Trinajstić information content (AvgIpc) is 2.77. The number of rotatable bonds is 4. The summed E-state index contributed by atoms with van der Waals surface area (Å²) in [5.41, 5.74) is 0. The maximum absolute atomic E-state index is 3.54. The maximum atomic E-state index is 3.54. The summed E-state index contributed by atoms with van der Waals surface area (Å²) in [5, 5.41) is 4.34. The lowest BCUT2D eigenvalue weighted by Crippen LogP contribution is -2.53. The molecule has 1 N–H and O–H groups in total. The van der Waals surface area contributed by atoms with Crippen LogP contribution in [0.4, 0.5) is 0 Å². The van der Waals surface area contributed by atoms with Crippen LogP contribution >= 0.6 is 11.8 Å². The lowest BCUT2D eigenvalue weighted by atomic mass is 10.1. The van der Waals surface area contributed by atoms with E-state index in [0.29, 0.717) is 0 Å². The quantitative estimate of drug-likeness (QED) is 0.808. The smallest absolute Gasteiger partial charge is 0.0352 e. The van der Waals surface area contributed by atoms with Crippen molar-refractivity contribution in [2.24, 2.45) is 5.92 Å². The van der Waals surface area contributed by atoms with Gasteiger partial charge in [0.05, 0.1) is 0 Å². The van der Waals surface area contributed by atoms with Crippen molar-refractivity contribution in [2.75, 3.05) is 52.1 Å². The zero-order valence-corrected chi connectivity index (χ0v) is 12.3. The summed E-state index contributed by atoms with van der Waals surface area (Å²) in [6, 6.07) is 0.770. The molecule has 0 aliphatic carbocycles. The van der Waals surface area contributed by atoms with E-state index in [9.17, 15) is 0 Å². The highest BCUT2D eigenvalue weighted by molar-refractivity contribution is 7.99.